The second kappa shape index (κ2) is 13.2. The first kappa shape index (κ1) is 31.1. The molecular weight excluding hydrogens is 584 g/mol. The molecule has 3 aromatic rings. The molecular formula is C30H36O14. The van der Waals surface area contributed by atoms with Crippen molar-refractivity contribution < 1.29 is 68.6 Å². The number of aliphatic hydroxyl groups is 7. The molecule has 7 N–H and O–H groups in total. The maximum Gasteiger partial charge on any atom is 0.231 e. The van der Waals surface area contributed by atoms with Gasteiger partial charge in [0.05, 0.1) is 19.8 Å². The minimum atomic E-state index is -1.65. The van der Waals surface area contributed by atoms with E-state index in [1.54, 1.807) is 0 Å². The Hall–Kier alpha value is -2.86. The molecule has 3 aliphatic heterocycles. The first-order valence-corrected chi connectivity index (χ1v) is 14.4. The van der Waals surface area contributed by atoms with Gasteiger partial charge in [-0.05, 0) is 54.8 Å². The lowest BCUT2D eigenvalue weighted by molar-refractivity contribution is -0.331. The zero-order valence-corrected chi connectivity index (χ0v) is 23.5. The van der Waals surface area contributed by atoms with Crippen LogP contribution in [0.2, 0.25) is 0 Å². The number of hydrogen-bond acceptors (Lipinski definition) is 14. The van der Waals surface area contributed by atoms with E-state index in [4.69, 9.17) is 32.8 Å². The van der Waals surface area contributed by atoms with E-state index in [-0.39, 0.29) is 13.4 Å². The van der Waals surface area contributed by atoms with E-state index in [1.807, 2.05) is 42.5 Å². The van der Waals surface area contributed by atoms with Gasteiger partial charge in [0.25, 0.3) is 0 Å². The van der Waals surface area contributed by atoms with E-state index < -0.39 is 74.6 Å². The Balaban J connectivity index is 1.01. The average molecular weight is 621 g/mol. The zero-order valence-electron chi connectivity index (χ0n) is 23.5. The third kappa shape index (κ3) is 6.29. The van der Waals surface area contributed by atoms with Crippen molar-refractivity contribution in [3.05, 3.63) is 48.0 Å². The van der Waals surface area contributed by atoms with Crippen LogP contribution in [-0.4, -0.2) is 124 Å². The predicted molar refractivity (Wildman–Crippen MR) is 148 cm³/mol. The van der Waals surface area contributed by atoms with E-state index in [0.29, 0.717) is 30.1 Å². The molecule has 3 aliphatic rings. The van der Waals surface area contributed by atoms with Crippen molar-refractivity contribution in [2.75, 3.05) is 26.6 Å². The summed E-state index contributed by atoms with van der Waals surface area (Å²) in [6.45, 7) is -0.698. The van der Waals surface area contributed by atoms with Crippen molar-refractivity contribution in [3.8, 4) is 22.8 Å². The van der Waals surface area contributed by atoms with Crippen LogP contribution >= 0.6 is 0 Å². The summed E-state index contributed by atoms with van der Waals surface area (Å²) in [6, 6.07) is 13.5. The monoisotopic (exact) mass is 620 g/mol. The molecule has 240 valence electrons. The summed E-state index contributed by atoms with van der Waals surface area (Å²) in [5, 5.41) is 71.5. The van der Waals surface area contributed by atoms with Crippen LogP contribution in [0.1, 0.15) is 12.0 Å². The fourth-order valence-corrected chi connectivity index (χ4v) is 5.50. The van der Waals surface area contributed by atoms with Crippen LogP contribution in [0.3, 0.4) is 0 Å². The van der Waals surface area contributed by atoms with Crippen LogP contribution in [0.25, 0.3) is 22.3 Å². The Morgan fingerprint density at radius 1 is 0.705 bits per heavy atom. The molecule has 4 heterocycles. The van der Waals surface area contributed by atoms with Gasteiger partial charge >= 0.3 is 0 Å². The third-order valence-corrected chi connectivity index (χ3v) is 8.07. The summed E-state index contributed by atoms with van der Waals surface area (Å²) in [5.74, 6) is 2.07. The summed E-state index contributed by atoms with van der Waals surface area (Å²) >= 11 is 0. The van der Waals surface area contributed by atoms with Gasteiger partial charge in [-0.1, -0.05) is 6.07 Å². The molecule has 0 spiro atoms. The van der Waals surface area contributed by atoms with Crippen LogP contribution in [-0.2, 0) is 25.4 Å². The molecule has 0 radical (unpaired) electrons. The number of furan rings is 1. The summed E-state index contributed by atoms with van der Waals surface area (Å²) in [4.78, 5) is 0. The lowest BCUT2D eigenvalue weighted by Crippen LogP contribution is -2.61. The van der Waals surface area contributed by atoms with Crippen LogP contribution < -0.4 is 9.47 Å². The molecule has 2 fully saturated rings. The molecule has 6 rings (SSSR count). The van der Waals surface area contributed by atoms with Gasteiger partial charge in [0.2, 0.25) is 6.79 Å². The van der Waals surface area contributed by atoms with Gasteiger partial charge < -0.3 is 68.6 Å². The Labute approximate surface area is 251 Å². The molecule has 0 aliphatic carbocycles. The number of aryl methyl sites for hydroxylation is 1. The highest BCUT2D eigenvalue weighted by molar-refractivity contribution is 5.83. The molecule has 44 heavy (non-hydrogen) atoms. The number of rotatable bonds is 10. The predicted octanol–water partition coefficient (Wildman–Crippen LogP) is -0.598. The quantitative estimate of drug-likeness (QED) is 0.141. The lowest BCUT2D eigenvalue weighted by Gasteiger charge is -2.42. The highest BCUT2D eigenvalue weighted by Gasteiger charge is 2.47. The molecule has 14 heteroatoms. The molecule has 10 unspecified atom stereocenters. The molecule has 0 bridgehead atoms. The Morgan fingerprint density at radius 3 is 2.18 bits per heavy atom. The Bertz CT molecular complexity index is 1410. The largest absolute Gasteiger partial charge is 0.456 e. The zero-order chi connectivity index (χ0) is 31.0. The van der Waals surface area contributed by atoms with E-state index in [2.05, 4.69) is 0 Å². The maximum absolute atomic E-state index is 10.4. The van der Waals surface area contributed by atoms with Gasteiger partial charge in [0, 0.05) is 10.9 Å². The lowest BCUT2D eigenvalue weighted by atomic mass is 9.98. The number of fused-ring (bicyclic) bond motifs is 2. The first-order valence-electron chi connectivity index (χ1n) is 14.4. The molecule has 2 saturated heterocycles. The van der Waals surface area contributed by atoms with Crippen LogP contribution in [0, 0.1) is 0 Å². The number of ether oxygens (including phenoxy) is 6. The minimum Gasteiger partial charge on any atom is -0.456 e. The average Bonchev–Trinajstić information content (AvgIpc) is 3.68. The number of aliphatic hydroxyl groups excluding tert-OH is 7. The van der Waals surface area contributed by atoms with Crippen molar-refractivity contribution in [2.45, 2.75) is 74.3 Å². The second-order valence-electron chi connectivity index (χ2n) is 11.1. The topological polar surface area (TPSA) is 210 Å². The van der Waals surface area contributed by atoms with Gasteiger partial charge in [0.15, 0.2) is 24.1 Å². The van der Waals surface area contributed by atoms with E-state index in [0.717, 1.165) is 22.1 Å². The van der Waals surface area contributed by atoms with Gasteiger partial charge in [-0.25, -0.2) is 0 Å². The molecule has 0 amide bonds. The fraction of sp³-hybridized carbons (Fsp3) is 0.533. The number of benzene rings is 2. The molecule has 0 saturated carbocycles. The Morgan fingerprint density at radius 2 is 1.41 bits per heavy atom. The highest BCUT2D eigenvalue weighted by atomic mass is 16.7. The van der Waals surface area contributed by atoms with E-state index in [9.17, 15) is 35.7 Å². The summed E-state index contributed by atoms with van der Waals surface area (Å²) in [7, 11) is 0. The van der Waals surface area contributed by atoms with Crippen molar-refractivity contribution >= 4 is 11.0 Å². The SMILES string of the molecule is OCC1OC(OCC2OC(OCCCc3ccc4oc(-c5ccc6c(c5)OCO6)cc4c3)C(O)C(O)C2O)C(O)C(O)C1O. The maximum atomic E-state index is 10.4. The van der Waals surface area contributed by atoms with Gasteiger partial charge in [-0.15, -0.1) is 0 Å². The third-order valence-electron chi connectivity index (χ3n) is 8.07. The highest BCUT2D eigenvalue weighted by Crippen LogP contribution is 2.37. The minimum absolute atomic E-state index is 0.163. The standard InChI is InChI=1S/C30H36O14/c31-11-21-23(32)25(34)28(37)30(43-21)39-12-22-24(33)26(35)27(36)29(44-22)38-7-1-2-14-3-5-17-16(8-14)10-19(42-17)15-4-6-18-20(9-15)41-13-40-18/h3-6,8-10,21-37H,1-2,7,11-13H2. The summed E-state index contributed by atoms with van der Waals surface area (Å²) in [6.07, 6.45) is -13.5. The molecule has 1 aromatic heterocycles. The van der Waals surface area contributed by atoms with Crippen LogP contribution in [0.15, 0.2) is 46.9 Å². The smallest absolute Gasteiger partial charge is 0.231 e. The van der Waals surface area contributed by atoms with Gasteiger partial charge in [0.1, 0.15) is 60.2 Å². The van der Waals surface area contributed by atoms with Crippen LogP contribution in [0.5, 0.6) is 11.5 Å². The van der Waals surface area contributed by atoms with Crippen molar-refractivity contribution in [1.29, 1.82) is 0 Å². The molecule has 2 aromatic carbocycles. The molecule has 10 atom stereocenters. The van der Waals surface area contributed by atoms with Crippen molar-refractivity contribution in [3.63, 3.8) is 0 Å². The van der Waals surface area contributed by atoms with E-state index >= 15 is 0 Å². The summed E-state index contributed by atoms with van der Waals surface area (Å²) in [5.41, 5.74) is 2.64. The van der Waals surface area contributed by atoms with Crippen molar-refractivity contribution in [1.82, 2.24) is 0 Å². The normalized spacial score (nSPS) is 33.6. The number of hydrogen-bond donors (Lipinski definition) is 7. The van der Waals surface area contributed by atoms with Gasteiger partial charge in [-0.3, -0.25) is 0 Å². The van der Waals surface area contributed by atoms with E-state index in [1.165, 1.54) is 0 Å². The molecule has 14 nitrogen and oxygen atoms in total. The fourth-order valence-electron chi connectivity index (χ4n) is 5.50. The van der Waals surface area contributed by atoms with Crippen LogP contribution in [0.4, 0.5) is 0 Å². The van der Waals surface area contributed by atoms with Gasteiger partial charge in [-0.2, -0.15) is 0 Å². The first-order chi connectivity index (χ1) is 21.2. The van der Waals surface area contributed by atoms with Crippen molar-refractivity contribution in [2.24, 2.45) is 0 Å². The second-order valence-corrected chi connectivity index (χ2v) is 11.1. The summed E-state index contributed by atoms with van der Waals surface area (Å²) < 4.78 is 39.0. The Kier molecular flexibility index (Phi) is 9.37.